The lowest BCUT2D eigenvalue weighted by Crippen LogP contribution is -2.08. The number of aryl methyl sites for hydroxylation is 1. The summed E-state index contributed by atoms with van der Waals surface area (Å²) in [6, 6.07) is 6.47. The van der Waals surface area contributed by atoms with Crippen molar-refractivity contribution in [3.8, 4) is 17.0 Å². The third-order valence-corrected chi connectivity index (χ3v) is 4.31. The van der Waals surface area contributed by atoms with Crippen LogP contribution in [0.1, 0.15) is 29.9 Å². The molecule has 2 aliphatic rings. The SMILES string of the molecule is NCc1nc(-c2ccc3c(c2)CCCO3)c2n1CCC2. The van der Waals surface area contributed by atoms with Crippen molar-refractivity contribution >= 4 is 0 Å². The van der Waals surface area contributed by atoms with Gasteiger partial charge in [0.15, 0.2) is 0 Å². The molecule has 104 valence electrons. The summed E-state index contributed by atoms with van der Waals surface area (Å²) < 4.78 is 7.98. The van der Waals surface area contributed by atoms with Crippen molar-refractivity contribution in [1.29, 1.82) is 0 Å². The third kappa shape index (κ3) is 1.75. The summed E-state index contributed by atoms with van der Waals surface area (Å²) in [4.78, 5) is 4.77. The van der Waals surface area contributed by atoms with E-state index in [9.17, 15) is 0 Å². The second-order valence-electron chi connectivity index (χ2n) is 5.56. The summed E-state index contributed by atoms with van der Waals surface area (Å²) in [6.07, 6.45) is 4.51. The highest BCUT2D eigenvalue weighted by molar-refractivity contribution is 5.65. The Kier molecular flexibility index (Phi) is 2.77. The van der Waals surface area contributed by atoms with E-state index in [2.05, 4.69) is 22.8 Å². The number of nitrogens with two attached hydrogens (primary N) is 1. The van der Waals surface area contributed by atoms with Crippen molar-refractivity contribution in [3.63, 3.8) is 0 Å². The van der Waals surface area contributed by atoms with Crippen molar-refractivity contribution in [3.05, 3.63) is 35.3 Å². The molecule has 0 spiro atoms. The van der Waals surface area contributed by atoms with E-state index in [1.807, 2.05) is 0 Å². The van der Waals surface area contributed by atoms with Gasteiger partial charge in [-0.2, -0.15) is 0 Å². The first-order valence-electron chi connectivity index (χ1n) is 7.41. The van der Waals surface area contributed by atoms with Crippen LogP contribution in [0.2, 0.25) is 0 Å². The van der Waals surface area contributed by atoms with Crippen LogP contribution in [0, 0.1) is 0 Å². The molecule has 0 saturated carbocycles. The van der Waals surface area contributed by atoms with Crippen LogP contribution in [0.5, 0.6) is 5.75 Å². The van der Waals surface area contributed by atoms with Gasteiger partial charge in [0.1, 0.15) is 11.6 Å². The van der Waals surface area contributed by atoms with Crippen molar-refractivity contribution in [2.24, 2.45) is 5.73 Å². The van der Waals surface area contributed by atoms with Gasteiger partial charge in [-0.3, -0.25) is 0 Å². The van der Waals surface area contributed by atoms with E-state index in [-0.39, 0.29) is 0 Å². The summed E-state index contributed by atoms with van der Waals surface area (Å²) >= 11 is 0. The minimum Gasteiger partial charge on any atom is -0.493 e. The highest BCUT2D eigenvalue weighted by atomic mass is 16.5. The predicted octanol–water partition coefficient (Wildman–Crippen LogP) is 2.28. The molecule has 0 bridgehead atoms. The monoisotopic (exact) mass is 269 g/mol. The molecule has 0 saturated heterocycles. The van der Waals surface area contributed by atoms with Crippen molar-refractivity contribution in [1.82, 2.24) is 9.55 Å². The van der Waals surface area contributed by atoms with Gasteiger partial charge in [-0.05, 0) is 49.4 Å². The predicted molar refractivity (Wildman–Crippen MR) is 77.7 cm³/mol. The first kappa shape index (κ1) is 12.0. The fraction of sp³-hybridized carbons (Fsp3) is 0.438. The molecule has 2 aliphatic heterocycles. The van der Waals surface area contributed by atoms with Crippen molar-refractivity contribution < 1.29 is 4.74 Å². The average Bonchev–Trinajstić information content (AvgIpc) is 3.08. The number of rotatable bonds is 2. The topological polar surface area (TPSA) is 53.1 Å². The van der Waals surface area contributed by atoms with Crippen LogP contribution in [-0.4, -0.2) is 16.2 Å². The standard InChI is InChI=1S/C16H19N3O/c17-10-15-18-16(13-4-1-7-19(13)15)12-5-6-14-11(9-12)3-2-8-20-14/h5-6,9H,1-4,7-8,10,17H2. The van der Waals surface area contributed by atoms with Gasteiger partial charge in [-0.25, -0.2) is 4.98 Å². The first-order valence-corrected chi connectivity index (χ1v) is 7.41. The van der Waals surface area contributed by atoms with Gasteiger partial charge in [-0.1, -0.05) is 0 Å². The van der Waals surface area contributed by atoms with E-state index in [1.165, 1.54) is 23.2 Å². The van der Waals surface area contributed by atoms with E-state index in [4.69, 9.17) is 15.5 Å². The maximum absolute atomic E-state index is 5.82. The number of ether oxygens (including phenoxy) is 1. The quantitative estimate of drug-likeness (QED) is 0.910. The lowest BCUT2D eigenvalue weighted by atomic mass is 10.0. The number of fused-ring (bicyclic) bond motifs is 2. The molecule has 4 rings (SSSR count). The van der Waals surface area contributed by atoms with Gasteiger partial charge >= 0.3 is 0 Å². The molecule has 0 amide bonds. The maximum Gasteiger partial charge on any atom is 0.123 e. The summed E-state index contributed by atoms with van der Waals surface area (Å²) in [5.41, 5.74) is 10.8. The second-order valence-corrected chi connectivity index (χ2v) is 5.56. The Hall–Kier alpha value is -1.81. The Labute approximate surface area is 118 Å². The van der Waals surface area contributed by atoms with Crippen LogP contribution in [0.4, 0.5) is 0 Å². The van der Waals surface area contributed by atoms with Crippen LogP contribution >= 0.6 is 0 Å². The van der Waals surface area contributed by atoms with Crippen LogP contribution < -0.4 is 10.5 Å². The number of hydrogen-bond acceptors (Lipinski definition) is 3. The van der Waals surface area contributed by atoms with Gasteiger partial charge in [0.25, 0.3) is 0 Å². The number of nitrogens with zero attached hydrogens (tertiary/aromatic N) is 2. The van der Waals surface area contributed by atoms with Crippen LogP contribution in [-0.2, 0) is 25.9 Å². The Morgan fingerprint density at radius 2 is 2.20 bits per heavy atom. The fourth-order valence-electron chi connectivity index (χ4n) is 3.35. The van der Waals surface area contributed by atoms with Gasteiger partial charge in [-0.15, -0.1) is 0 Å². The van der Waals surface area contributed by atoms with E-state index >= 15 is 0 Å². The molecule has 2 N–H and O–H groups in total. The molecule has 1 aromatic carbocycles. The number of benzene rings is 1. The highest BCUT2D eigenvalue weighted by Gasteiger charge is 2.22. The van der Waals surface area contributed by atoms with Gasteiger partial charge < -0.3 is 15.0 Å². The molecule has 4 heteroatoms. The third-order valence-electron chi connectivity index (χ3n) is 4.31. The van der Waals surface area contributed by atoms with Gasteiger partial charge in [0.2, 0.25) is 0 Å². The molecule has 2 aromatic rings. The molecule has 0 fully saturated rings. The molecule has 20 heavy (non-hydrogen) atoms. The smallest absolute Gasteiger partial charge is 0.123 e. The summed E-state index contributed by atoms with van der Waals surface area (Å²) in [7, 11) is 0. The molecular weight excluding hydrogens is 250 g/mol. The van der Waals surface area contributed by atoms with Crippen LogP contribution in [0.15, 0.2) is 18.2 Å². The van der Waals surface area contributed by atoms with Gasteiger partial charge in [0, 0.05) is 17.8 Å². The van der Waals surface area contributed by atoms with Crippen LogP contribution in [0.25, 0.3) is 11.3 Å². The lowest BCUT2D eigenvalue weighted by Gasteiger charge is -2.17. The molecule has 0 atom stereocenters. The molecular formula is C16H19N3O. The Morgan fingerprint density at radius 1 is 1.25 bits per heavy atom. The Morgan fingerprint density at radius 3 is 3.10 bits per heavy atom. The summed E-state index contributed by atoms with van der Waals surface area (Å²) in [6.45, 7) is 2.41. The fourth-order valence-corrected chi connectivity index (χ4v) is 3.35. The summed E-state index contributed by atoms with van der Waals surface area (Å²) in [5, 5.41) is 0. The zero-order chi connectivity index (χ0) is 13.5. The normalized spacial score (nSPS) is 16.6. The minimum absolute atomic E-state index is 0.515. The maximum atomic E-state index is 5.82. The Balaban J connectivity index is 1.81. The molecule has 1 aromatic heterocycles. The highest BCUT2D eigenvalue weighted by Crippen LogP contribution is 2.33. The van der Waals surface area contributed by atoms with E-state index in [0.29, 0.717) is 6.54 Å². The molecule has 0 radical (unpaired) electrons. The molecule has 0 aliphatic carbocycles. The van der Waals surface area contributed by atoms with E-state index in [1.54, 1.807) is 0 Å². The van der Waals surface area contributed by atoms with Crippen LogP contribution in [0.3, 0.4) is 0 Å². The lowest BCUT2D eigenvalue weighted by molar-refractivity contribution is 0.288. The largest absolute Gasteiger partial charge is 0.493 e. The molecule has 4 nitrogen and oxygen atoms in total. The van der Waals surface area contributed by atoms with Gasteiger partial charge in [0.05, 0.1) is 18.8 Å². The molecule has 3 heterocycles. The van der Waals surface area contributed by atoms with E-state index < -0.39 is 0 Å². The second kappa shape index (κ2) is 4.63. The number of aromatic nitrogens is 2. The van der Waals surface area contributed by atoms with E-state index in [0.717, 1.165) is 49.7 Å². The zero-order valence-corrected chi connectivity index (χ0v) is 11.6. The van der Waals surface area contributed by atoms with Crippen molar-refractivity contribution in [2.75, 3.05) is 6.61 Å². The average molecular weight is 269 g/mol. The first-order chi connectivity index (χ1) is 9.86. The zero-order valence-electron chi connectivity index (χ0n) is 11.6. The minimum atomic E-state index is 0.515. The number of hydrogen-bond donors (Lipinski definition) is 1. The van der Waals surface area contributed by atoms with Crippen molar-refractivity contribution in [2.45, 2.75) is 38.8 Å². The molecule has 0 unspecified atom stereocenters. The number of imidazole rings is 1. The Bertz CT molecular complexity index is 660. The summed E-state index contributed by atoms with van der Waals surface area (Å²) in [5.74, 6) is 2.05.